The Labute approximate surface area is 165 Å². The van der Waals surface area contributed by atoms with Gasteiger partial charge in [0.2, 0.25) is 0 Å². The van der Waals surface area contributed by atoms with E-state index in [9.17, 15) is 18.0 Å². The third kappa shape index (κ3) is 4.59. The Balaban J connectivity index is 1.79. The molecule has 0 aliphatic rings. The normalized spacial score (nSPS) is 11.8. The summed E-state index contributed by atoms with van der Waals surface area (Å²) in [5, 5.41) is 1.75. The molecular formula is C19H17ClF3N2O2P. The maximum atomic E-state index is 12.7. The molecule has 28 heavy (non-hydrogen) atoms. The van der Waals surface area contributed by atoms with Crippen LogP contribution in [0, 0.1) is 0 Å². The van der Waals surface area contributed by atoms with Gasteiger partial charge in [0.05, 0.1) is 16.8 Å². The molecule has 2 N–H and O–H groups in total. The van der Waals surface area contributed by atoms with Crippen molar-refractivity contribution < 1.29 is 17.9 Å². The Morgan fingerprint density at radius 3 is 2.46 bits per heavy atom. The van der Waals surface area contributed by atoms with E-state index in [-0.39, 0.29) is 23.7 Å². The van der Waals surface area contributed by atoms with Crippen LogP contribution in [0.2, 0.25) is 5.02 Å². The summed E-state index contributed by atoms with van der Waals surface area (Å²) < 4.78 is 43.8. The van der Waals surface area contributed by atoms with Crippen molar-refractivity contribution in [1.82, 2.24) is 9.97 Å². The molecule has 3 rings (SSSR count). The van der Waals surface area contributed by atoms with Crippen molar-refractivity contribution in [2.45, 2.75) is 12.8 Å². The predicted octanol–water partition coefficient (Wildman–Crippen LogP) is 4.99. The van der Waals surface area contributed by atoms with Crippen LogP contribution in [0.3, 0.4) is 0 Å². The van der Waals surface area contributed by atoms with Gasteiger partial charge in [-0.2, -0.15) is 13.2 Å². The van der Waals surface area contributed by atoms with Crippen molar-refractivity contribution >= 4 is 24.8 Å². The Morgan fingerprint density at radius 1 is 1.11 bits per heavy atom. The summed E-state index contributed by atoms with van der Waals surface area (Å²) in [6, 6.07) is 7.68. The van der Waals surface area contributed by atoms with Crippen molar-refractivity contribution in [2.75, 3.05) is 13.3 Å². The fourth-order valence-electron chi connectivity index (χ4n) is 2.69. The zero-order valence-electron chi connectivity index (χ0n) is 15.0. The second-order valence-corrected chi connectivity index (χ2v) is 9.04. The highest BCUT2D eigenvalue weighted by Gasteiger charge is 2.31. The third-order valence-electron chi connectivity index (χ3n) is 4.10. The average molecular weight is 429 g/mol. The molecule has 0 bridgehead atoms. The standard InChI is InChI=1S/C19H17ClF3N2O2P/c1-28(2)17-6-13(20)4-3-11(17)10-27-18-7-16(26)14(9-25-18)15-5-12(8-24-15)19(21,22)23/h3-9,24H,10H2,1-2H3,(H,25,26). The number of rotatable bonds is 5. The number of aromatic amines is 2. The number of H-pyrrole nitrogens is 2. The van der Waals surface area contributed by atoms with Gasteiger partial charge in [-0.05, 0) is 42.4 Å². The summed E-state index contributed by atoms with van der Waals surface area (Å²) in [5.74, 6) is 0.230. The highest BCUT2D eigenvalue weighted by atomic mass is 35.5. The Bertz CT molecular complexity index is 1040. The van der Waals surface area contributed by atoms with Gasteiger partial charge in [-0.15, -0.1) is 0 Å². The highest BCUT2D eigenvalue weighted by molar-refractivity contribution is 7.64. The minimum Gasteiger partial charge on any atom is -0.474 e. The molecule has 1 aromatic carbocycles. The van der Waals surface area contributed by atoms with Gasteiger partial charge >= 0.3 is 6.18 Å². The molecule has 0 amide bonds. The van der Waals surface area contributed by atoms with E-state index in [0.717, 1.165) is 23.1 Å². The molecule has 0 saturated heterocycles. The van der Waals surface area contributed by atoms with Crippen LogP contribution < -0.4 is 15.5 Å². The summed E-state index contributed by atoms with van der Waals surface area (Å²) in [4.78, 5) is 17.6. The van der Waals surface area contributed by atoms with Crippen molar-refractivity contribution in [1.29, 1.82) is 0 Å². The first-order valence-electron chi connectivity index (χ1n) is 8.22. The maximum absolute atomic E-state index is 12.7. The van der Waals surface area contributed by atoms with E-state index in [1.165, 1.54) is 12.3 Å². The fourth-order valence-corrected chi connectivity index (χ4v) is 4.05. The first-order valence-corrected chi connectivity index (χ1v) is 10.8. The Kier molecular flexibility index (Phi) is 5.87. The molecule has 0 fully saturated rings. The van der Waals surface area contributed by atoms with E-state index in [4.69, 9.17) is 16.3 Å². The molecule has 0 spiro atoms. The second kappa shape index (κ2) is 8.02. The van der Waals surface area contributed by atoms with Crippen molar-refractivity contribution in [3.63, 3.8) is 0 Å². The van der Waals surface area contributed by atoms with E-state index in [2.05, 4.69) is 23.3 Å². The molecule has 148 valence electrons. The van der Waals surface area contributed by atoms with E-state index < -0.39 is 25.1 Å². The van der Waals surface area contributed by atoms with Crippen LogP contribution in [-0.4, -0.2) is 23.3 Å². The molecule has 0 atom stereocenters. The van der Waals surface area contributed by atoms with E-state index >= 15 is 0 Å². The first-order chi connectivity index (χ1) is 13.1. The number of hydrogen-bond donors (Lipinski definition) is 2. The van der Waals surface area contributed by atoms with Gasteiger partial charge in [-0.3, -0.25) is 4.79 Å². The van der Waals surface area contributed by atoms with Crippen LogP contribution in [-0.2, 0) is 12.8 Å². The van der Waals surface area contributed by atoms with Gasteiger partial charge < -0.3 is 14.7 Å². The van der Waals surface area contributed by atoms with E-state index in [1.54, 1.807) is 6.07 Å². The molecule has 0 unspecified atom stereocenters. The SMILES string of the molecule is CP(C)c1cc(Cl)ccc1COc1cc(=O)c(-c2cc(C(F)(F)F)c[nH]2)c[nH]1. The minimum atomic E-state index is -4.47. The lowest BCUT2D eigenvalue weighted by Gasteiger charge is -2.14. The predicted molar refractivity (Wildman–Crippen MR) is 106 cm³/mol. The largest absolute Gasteiger partial charge is 0.474 e. The van der Waals surface area contributed by atoms with Crippen LogP contribution in [0.15, 0.2) is 47.5 Å². The Morgan fingerprint density at radius 2 is 1.86 bits per heavy atom. The van der Waals surface area contributed by atoms with E-state index in [0.29, 0.717) is 5.02 Å². The zero-order chi connectivity index (χ0) is 20.5. The molecule has 3 aromatic rings. The molecule has 0 radical (unpaired) electrons. The van der Waals surface area contributed by atoms with Crippen molar-refractivity contribution in [3.8, 4) is 17.1 Å². The van der Waals surface area contributed by atoms with Gasteiger partial charge in [0.15, 0.2) is 11.3 Å². The molecule has 9 heteroatoms. The van der Waals surface area contributed by atoms with E-state index in [1.807, 2.05) is 12.1 Å². The maximum Gasteiger partial charge on any atom is 0.417 e. The quantitative estimate of drug-likeness (QED) is 0.563. The molecule has 0 saturated carbocycles. The van der Waals surface area contributed by atoms with Crippen LogP contribution in [0.5, 0.6) is 5.88 Å². The number of pyridine rings is 1. The highest BCUT2D eigenvalue weighted by Crippen LogP contribution is 2.31. The van der Waals surface area contributed by atoms with Gasteiger partial charge in [-0.1, -0.05) is 25.6 Å². The van der Waals surface area contributed by atoms with Crippen LogP contribution in [0.25, 0.3) is 11.3 Å². The molecule has 2 aromatic heterocycles. The summed E-state index contributed by atoms with van der Waals surface area (Å²) in [7, 11) is -0.394. The van der Waals surface area contributed by atoms with Crippen LogP contribution in [0.4, 0.5) is 13.2 Å². The summed E-state index contributed by atoms with van der Waals surface area (Å²) in [6.45, 7) is 4.45. The second-order valence-electron chi connectivity index (χ2n) is 6.33. The van der Waals surface area contributed by atoms with Crippen molar-refractivity contribution in [3.05, 3.63) is 69.1 Å². The number of halogens is 4. The van der Waals surface area contributed by atoms with Crippen molar-refractivity contribution in [2.24, 2.45) is 0 Å². The summed E-state index contributed by atoms with van der Waals surface area (Å²) >= 11 is 6.05. The number of benzene rings is 1. The molecule has 0 aliphatic carbocycles. The smallest absolute Gasteiger partial charge is 0.417 e. The number of nitrogens with one attached hydrogen (secondary N) is 2. The molecule has 4 nitrogen and oxygen atoms in total. The monoisotopic (exact) mass is 428 g/mol. The molecular weight excluding hydrogens is 412 g/mol. The summed E-state index contributed by atoms with van der Waals surface area (Å²) in [5.41, 5.74) is -0.143. The van der Waals surface area contributed by atoms with Crippen LogP contribution >= 0.6 is 19.5 Å². The Hall–Kier alpha value is -2.24. The number of ether oxygens (including phenoxy) is 1. The lowest BCUT2D eigenvalue weighted by molar-refractivity contribution is -0.137. The average Bonchev–Trinajstić information content (AvgIpc) is 3.10. The third-order valence-corrected chi connectivity index (χ3v) is 5.71. The number of hydrogen-bond acceptors (Lipinski definition) is 2. The van der Waals surface area contributed by atoms with Gasteiger partial charge in [0.25, 0.3) is 0 Å². The minimum absolute atomic E-state index is 0.0859. The summed E-state index contributed by atoms with van der Waals surface area (Å²) in [6.07, 6.45) is -2.31. The lowest BCUT2D eigenvalue weighted by atomic mass is 10.2. The zero-order valence-corrected chi connectivity index (χ0v) is 16.7. The lowest BCUT2D eigenvalue weighted by Crippen LogP contribution is -2.12. The van der Waals surface area contributed by atoms with Crippen LogP contribution in [0.1, 0.15) is 11.1 Å². The fraction of sp³-hybridized carbons (Fsp3) is 0.211. The molecule has 2 heterocycles. The topological polar surface area (TPSA) is 57.9 Å². The van der Waals surface area contributed by atoms with Gasteiger partial charge in [0, 0.05) is 23.5 Å². The number of alkyl halides is 3. The molecule has 0 aliphatic heterocycles. The van der Waals surface area contributed by atoms with Gasteiger partial charge in [0.1, 0.15) is 6.61 Å². The first kappa shape index (κ1) is 20.5. The number of aromatic nitrogens is 2. The van der Waals surface area contributed by atoms with Gasteiger partial charge in [-0.25, -0.2) is 0 Å².